The molecule has 28 heavy (non-hydrogen) atoms. The van der Waals surface area contributed by atoms with E-state index in [0.717, 1.165) is 6.08 Å². The minimum atomic E-state index is -4.40. The molecular weight excluding hydrogens is 399 g/mol. The van der Waals surface area contributed by atoms with Crippen molar-refractivity contribution < 1.29 is 50.3 Å². The molecule has 1 saturated heterocycles. The maximum absolute atomic E-state index is 12.3. The van der Waals surface area contributed by atoms with Crippen LogP contribution in [0.5, 0.6) is 5.75 Å². The van der Waals surface area contributed by atoms with E-state index in [4.69, 9.17) is 14.2 Å². The van der Waals surface area contributed by atoms with Gasteiger partial charge in [0.1, 0.15) is 24.1 Å². The lowest BCUT2D eigenvalue weighted by molar-refractivity contribution is -0.410. The number of carbonyl (C=O) groups is 1. The third-order valence-corrected chi connectivity index (χ3v) is 4.23. The number of esters is 1. The quantitative estimate of drug-likeness (QED) is 0.520. The maximum atomic E-state index is 12.3. The van der Waals surface area contributed by atoms with Crippen molar-refractivity contribution >= 4 is 5.97 Å². The fraction of sp³-hybridized carbons (Fsp3) is 0.526. The number of allylic oxidation sites excluding steroid dienone is 1. The molecule has 0 spiro atoms. The number of para-hydroxylation sites is 1. The van der Waals surface area contributed by atoms with E-state index in [1.165, 1.54) is 0 Å². The number of quaternary nitrogens is 1. The largest absolute Gasteiger partial charge is 1.00 e. The fourth-order valence-corrected chi connectivity index (χ4v) is 2.89. The molecule has 0 bridgehead atoms. The topological polar surface area (TPSA) is 72.4 Å². The molecule has 1 aromatic carbocycles. The van der Waals surface area contributed by atoms with Gasteiger partial charge in [0.25, 0.3) is 0 Å². The Morgan fingerprint density at radius 3 is 2.57 bits per heavy atom. The van der Waals surface area contributed by atoms with Gasteiger partial charge < -0.3 is 32.4 Å². The van der Waals surface area contributed by atoms with Crippen molar-refractivity contribution in [1.29, 1.82) is 0 Å². The van der Waals surface area contributed by atoms with Crippen molar-refractivity contribution in [1.82, 2.24) is 0 Å². The Kier molecular flexibility index (Phi) is 9.78. The third-order valence-electron chi connectivity index (χ3n) is 4.23. The van der Waals surface area contributed by atoms with E-state index in [1.807, 2.05) is 18.2 Å². The molecule has 1 heterocycles. The summed E-state index contributed by atoms with van der Waals surface area (Å²) in [7, 11) is 0. The molecule has 5 nitrogen and oxygen atoms in total. The van der Waals surface area contributed by atoms with Gasteiger partial charge in [0.05, 0.1) is 6.61 Å². The van der Waals surface area contributed by atoms with Gasteiger partial charge in [-0.1, -0.05) is 24.3 Å². The van der Waals surface area contributed by atoms with Crippen molar-refractivity contribution in [3.8, 4) is 5.75 Å². The van der Waals surface area contributed by atoms with Crippen molar-refractivity contribution in [2.45, 2.75) is 56.7 Å². The van der Waals surface area contributed by atoms with Crippen molar-refractivity contribution in [2.75, 3.05) is 6.61 Å². The number of halogens is 4. The molecule has 1 aliphatic rings. The monoisotopic (exact) mass is 423 g/mol. The summed E-state index contributed by atoms with van der Waals surface area (Å²) in [5, 5.41) is 0. The molecule has 0 aromatic heterocycles. The first-order valence-corrected chi connectivity index (χ1v) is 8.87. The van der Waals surface area contributed by atoms with Crippen molar-refractivity contribution in [2.24, 2.45) is 0 Å². The zero-order valence-electron chi connectivity index (χ0n) is 15.5. The van der Waals surface area contributed by atoms with Crippen LogP contribution in [0, 0.1) is 0 Å². The van der Waals surface area contributed by atoms with Crippen LogP contribution in [0.1, 0.15) is 26.2 Å². The third kappa shape index (κ3) is 8.08. The summed E-state index contributed by atoms with van der Waals surface area (Å²) in [5.41, 5.74) is 3.80. The van der Waals surface area contributed by atoms with Crippen molar-refractivity contribution in [3.05, 3.63) is 42.5 Å². The van der Waals surface area contributed by atoms with E-state index in [2.05, 4.69) is 5.73 Å². The Balaban J connectivity index is 0.00000392. The number of hydrogen-bond acceptors (Lipinski definition) is 4. The number of cyclic esters (lactones) is 1. The van der Waals surface area contributed by atoms with Gasteiger partial charge in [0.15, 0.2) is 6.04 Å². The Bertz CT molecular complexity index is 627. The van der Waals surface area contributed by atoms with E-state index in [9.17, 15) is 18.0 Å². The molecule has 2 rings (SSSR count). The highest BCUT2D eigenvalue weighted by atomic mass is 35.5. The van der Waals surface area contributed by atoms with E-state index in [1.54, 1.807) is 19.1 Å². The first-order valence-electron chi connectivity index (χ1n) is 8.87. The van der Waals surface area contributed by atoms with Gasteiger partial charge in [0, 0.05) is 12.5 Å². The second kappa shape index (κ2) is 11.3. The summed E-state index contributed by atoms with van der Waals surface area (Å²) < 4.78 is 53.9. The van der Waals surface area contributed by atoms with E-state index >= 15 is 0 Å². The van der Waals surface area contributed by atoms with Gasteiger partial charge in [0.2, 0.25) is 0 Å². The van der Waals surface area contributed by atoms with Gasteiger partial charge in [-0.2, -0.15) is 13.2 Å². The molecular formula is C19H25ClF3NO4. The molecule has 158 valence electrons. The number of alkyl halides is 3. The zero-order chi connectivity index (χ0) is 19.9. The summed E-state index contributed by atoms with van der Waals surface area (Å²) >= 11 is 0. The Hall–Kier alpha value is -1.77. The molecule has 0 aliphatic carbocycles. The summed E-state index contributed by atoms with van der Waals surface area (Å²) in [5.74, 6) is 0.174. The molecule has 1 aromatic rings. The van der Waals surface area contributed by atoms with Crippen LogP contribution in [0.3, 0.4) is 0 Å². The van der Waals surface area contributed by atoms with E-state index < -0.39 is 36.5 Å². The molecule has 9 heteroatoms. The number of hydrogen-bond donors (Lipinski definition) is 1. The van der Waals surface area contributed by atoms with Gasteiger partial charge in [-0.25, -0.2) is 4.79 Å². The minimum Gasteiger partial charge on any atom is -1.00 e. The van der Waals surface area contributed by atoms with Crippen LogP contribution < -0.4 is 22.9 Å². The smallest absolute Gasteiger partial charge is 0.409 e. The molecule has 4 atom stereocenters. The minimum absolute atomic E-state index is 0. The molecule has 3 N–H and O–H groups in total. The highest BCUT2D eigenvalue weighted by Gasteiger charge is 2.35. The molecule has 1 aliphatic heterocycles. The van der Waals surface area contributed by atoms with Crippen LogP contribution in [0.4, 0.5) is 13.2 Å². The van der Waals surface area contributed by atoms with Crippen LogP contribution in [0.15, 0.2) is 42.5 Å². The predicted octanol–water partition coefficient (Wildman–Crippen LogP) is -0.332. The molecule has 0 amide bonds. The van der Waals surface area contributed by atoms with Gasteiger partial charge in [-0.15, -0.1) is 0 Å². The second-order valence-corrected chi connectivity index (χ2v) is 6.48. The SMILES string of the molecule is C[C@@H]1OC(=O)[C@@H]([NH3+])CCC[C@H](Oc2ccccc2)[C@H]1OC/C=C/C(F)(F)F.[Cl-]. The Morgan fingerprint density at radius 1 is 1.25 bits per heavy atom. The Labute approximate surface area is 168 Å². The first-order chi connectivity index (χ1) is 12.8. The molecule has 0 unspecified atom stereocenters. The average molecular weight is 424 g/mol. The van der Waals surface area contributed by atoms with Gasteiger partial charge in [-0.05, 0) is 31.9 Å². The summed E-state index contributed by atoms with van der Waals surface area (Å²) in [6, 6.07) is 8.57. The van der Waals surface area contributed by atoms with Crippen LogP contribution in [0.25, 0.3) is 0 Å². The Morgan fingerprint density at radius 2 is 1.93 bits per heavy atom. The molecule has 0 radical (unpaired) electrons. The first kappa shape index (κ1) is 24.3. The van der Waals surface area contributed by atoms with Gasteiger partial charge >= 0.3 is 12.1 Å². The number of rotatable bonds is 5. The van der Waals surface area contributed by atoms with Crippen LogP contribution in [-0.4, -0.2) is 43.1 Å². The summed E-state index contributed by atoms with van der Waals surface area (Å²) in [6.07, 6.45) is -3.49. The van der Waals surface area contributed by atoms with Gasteiger partial charge in [-0.3, -0.25) is 0 Å². The second-order valence-electron chi connectivity index (χ2n) is 6.48. The lowest BCUT2D eigenvalue weighted by Gasteiger charge is -2.31. The predicted molar refractivity (Wildman–Crippen MR) is 91.9 cm³/mol. The fourth-order valence-electron chi connectivity index (χ4n) is 2.89. The van der Waals surface area contributed by atoms with Crippen LogP contribution in [-0.2, 0) is 14.3 Å². The highest BCUT2D eigenvalue weighted by Crippen LogP contribution is 2.24. The zero-order valence-corrected chi connectivity index (χ0v) is 16.3. The standard InChI is InChI=1S/C19H24F3NO4.ClH/c1-13-17(25-12-6-11-19(20,21)22)16(27-14-7-3-2-4-8-14)10-5-9-15(23)18(24)26-13;/h2-4,6-8,11,13,15-17H,5,9-10,12,23H2,1H3;1H/b11-6+;/t13-,15-,16-,17-;/m0./s1. The average Bonchev–Trinajstić information content (AvgIpc) is 2.64. The lowest BCUT2D eigenvalue weighted by atomic mass is 10.0. The van der Waals surface area contributed by atoms with Crippen molar-refractivity contribution in [3.63, 3.8) is 0 Å². The number of ether oxygens (including phenoxy) is 3. The van der Waals surface area contributed by atoms with E-state index in [0.29, 0.717) is 25.0 Å². The number of carbonyl (C=O) groups excluding carboxylic acids is 1. The van der Waals surface area contributed by atoms with E-state index in [-0.39, 0.29) is 25.1 Å². The molecule has 1 fully saturated rings. The normalized spacial score (nSPS) is 26.5. The maximum Gasteiger partial charge on any atom is 0.409 e. The number of benzene rings is 1. The highest BCUT2D eigenvalue weighted by molar-refractivity contribution is 5.74. The van der Waals surface area contributed by atoms with Crippen LogP contribution >= 0.6 is 0 Å². The molecule has 0 saturated carbocycles. The summed E-state index contributed by atoms with van der Waals surface area (Å²) in [6.45, 7) is 1.38. The summed E-state index contributed by atoms with van der Waals surface area (Å²) in [4.78, 5) is 12.1. The van der Waals surface area contributed by atoms with Crippen LogP contribution in [0.2, 0.25) is 0 Å². The lowest BCUT2D eigenvalue weighted by Crippen LogP contribution is -3.00.